The summed E-state index contributed by atoms with van der Waals surface area (Å²) in [6, 6.07) is 9.96. The van der Waals surface area contributed by atoms with Gasteiger partial charge in [0.25, 0.3) is 0 Å². The molecule has 1 amide bonds. The number of rotatable bonds is 4. The van der Waals surface area contributed by atoms with E-state index in [1.807, 2.05) is 0 Å². The summed E-state index contributed by atoms with van der Waals surface area (Å²) in [5.41, 5.74) is 12.2. The normalized spacial score (nSPS) is 11.4. The number of ether oxygens (including phenoxy) is 1. The Labute approximate surface area is 151 Å². The number of amides is 1. The van der Waals surface area contributed by atoms with Gasteiger partial charge < -0.3 is 16.2 Å². The zero-order valence-corrected chi connectivity index (χ0v) is 14.0. The summed E-state index contributed by atoms with van der Waals surface area (Å²) >= 11 is 0. The van der Waals surface area contributed by atoms with Crippen LogP contribution in [0.25, 0.3) is 22.8 Å². The van der Waals surface area contributed by atoms with Crippen molar-refractivity contribution in [2.45, 2.75) is 6.36 Å². The number of primary amides is 1. The maximum absolute atomic E-state index is 12.5. The lowest BCUT2D eigenvalue weighted by Crippen LogP contribution is -2.18. The fourth-order valence-corrected chi connectivity index (χ4v) is 2.50. The Balaban J connectivity index is 2.09. The molecule has 0 saturated carbocycles. The molecular formula is C17H14F3N5O2. The Morgan fingerprint density at radius 1 is 1.15 bits per heavy atom. The molecule has 0 aliphatic heterocycles. The minimum atomic E-state index is -4.88. The molecule has 7 nitrogen and oxygen atoms in total. The van der Waals surface area contributed by atoms with Crippen LogP contribution in [0.4, 0.5) is 18.9 Å². The van der Waals surface area contributed by atoms with E-state index in [-0.39, 0.29) is 17.0 Å². The summed E-state index contributed by atoms with van der Waals surface area (Å²) in [6.07, 6.45) is -4.88. The summed E-state index contributed by atoms with van der Waals surface area (Å²) in [5.74, 6) is -0.873. The van der Waals surface area contributed by atoms with Crippen molar-refractivity contribution in [3.63, 3.8) is 0 Å². The molecule has 140 valence electrons. The van der Waals surface area contributed by atoms with Gasteiger partial charge in [0.2, 0.25) is 5.91 Å². The van der Waals surface area contributed by atoms with Crippen molar-refractivity contribution in [1.82, 2.24) is 14.8 Å². The number of carbonyl (C=O) groups excluding carboxylic acids is 1. The largest absolute Gasteiger partial charge is 0.573 e. The average Bonchev–Trinajstić information content (AvgIpc) is 2.95. The number of hydrogen-bond donors (Lipinski definition) is 2. The zero-order chi connectivity index (χ0) is 19.8. The number of aryl methyl sites for hydroxylation is 1. The highest BCUT2D eigenvalue weighted by Gasteiger charge is 2.31. The standard InChI is InChI=1S/C17H14F3N5O2/c1-25-16(9-2-4-10(21)5-3-9)23-15(24-25)13-8-11(27-17(18,19)20)6-7-12(13)14(22)26/h2-8H,21H2,1H3,(H2,22,26). The molecule has 0 aliphatic rings. The van der Waals surface area contributed by atoms with Crippen molar-refractivity contribution >= 4 is 11.6 Å². The van der Waals surface area contributed by atoms with Gasteiger partial charge in [0.15, 0.2) is 11.6 Å². The topological polar surface area (TPSA) is 109 Å². The number of nitrogens with zero attached hydrogens (tertiary/aromatic N) is 3. The molecule has 10 heteroatoms. The first kappa shape index (κ1) is 18.2. The van der Waals surface area contributed by atoms with E-state index in [1.54, 1.807) is 31.3 Å². The SMILES string of the molecule is Cn1nc(-c2cc(OC(F)(F)F)ccc2C(N)=O)nc1-c1ccc(N)cc1. The van der Waals surface area contributed by atoms with Crippen LogP contribution in [0.3, 0.4) is 0 Å². The molecule has 3 rings (SSSR count). The highest BCUT2D eigenvalue weighted by molar-refractivity contribution is 5.99. The van der Waals surface area contributed by atoms with Gasteiger partial charge in [0, 0.05) is 23.9 Å². The highest BCUT2D eigenvalue weighted by atomic mass is 19.4. The molecule has 1 aromatic heterocycles. The molecule has 0 radical (unpaired) electrons. The zero-order valence-electron chi connectivity index (χ0n) is 14.0. The van der Waals surface area contributed by atoms with Gasteiger partial charge in [-0.3, -0.25) is 4.79 Å². The van der Waals surface area contributed by atoms with Gasteiger partial charge in [-0.2, -0.15) is 5.10 Å². The lowest BCUT2D eigenvalue weighted by atomic mass is 10.1. The van der Waals surface area contributed by atoms with Crippen molar-refractivity contribution < 1.29 is 22.7 Å². The quantitative estimate of drug-likeness (QED) is 0.680. The second kappa shape index (κ2) is 6.63. The Morgan fingerprint density at radius 3 is 2.41 bits per heavy atom. The van der Waals surface area contributed by atoms with E-state index in [9.17, 15) is 18.0 Å². The summed E-state index contributed by atoms with van der Waals surface area (Å²) in [7, 11) is 1.61. The predicted molar refractivity (Wildman–Crippen MR) is 91.5 cm³/mol. The molecule has 4 N–H and O–H groups in total. The van der Waals surface area contributed by atoms with Crippen LogP contribution in [0.15, 0.2) is 42.5 Å². The van der Waals surface area contributed by atoms with Crippen LogP contribution in [-0.2, 0) is 7.05 Å². The Morgan fingerprint density at radius 2 is 1.81 bits per heavy atom. The van der Waals surface area contributed by atoms with Gasteiger partial charge in [-0.1, -0.05) is 0 Å². The average molecular weight is 377 g/mol. The number of alkyl halides is 3. The highest BCUT2D eigenvalue weighted by Crippen LogP contribution is 2.30. The van der Waals surface area contributed by atoms with E-state index in [0.717, 1.165) is 18.2 Å². The monoisotopic (exact) mass is 377 g/mol. The van der Waals surface area contributed by atoms with Gasteiger partial charge in [-0.25, -0.2) is 9.67 Å². The van der Waals surface area contributed by atoms with Crippen LogP contribution in [0.2, 0.25) is 0 Å². The van der Waals surface area contributed by atoms with Gasteiger partial charge >= 0.3 is 6.36 Å². The lowest BCUT2D eigenvalue weighted by Gasteiger charge is -2.11. The molecule has 0 fully saturated rings. The number of nitrogen functional groups attached to an aromatic ring is 1. The lowest BCUT2D eigenvalue weighted by molar-refractivity contribution is -0.274. The number of benzene rings is 2. The minimum Gasteiger partial charge on any atom is -0.406 e. The smallest absolute Gasteiger partial charge is 0.406 e. The first-order valence-electron chi connectivity index (χ1n) is 7.61. The van der Waals surface area contributed by atoms with Gasteiger partial charge in [0.05, 0.1) is 5.56 Å². The second-order valence-electron chi connectivity index (χ2n) is 5.62. The molecule has 0 aliphatic carbocycles. The molecule has 3 aromatic rings. The second-order valence-corrected chi connectivity index (χ2v) is 5.62. The Kier molecular flexibility index (Phi) is 4.48. The van der Waals surface area contributed by atoms with Crippen molar-refractivity contribution in [1.29, 1.82) is 0 Å². The van der Waals surface area contributed by atoms with Crippen molar-refractivity contribution in [2.75, 3.05) is 5.73 Å². The molecular weight excluding hydrogens is 363 g/mol. The van der Waals surface area contributed by atoms with Crippen molar-refractivity contribution in [2.24, 2.45) is 12.8 Å². The van der Waals surface area contributed by atoms with E-state index < -0.39 is 18.0 Å². The molecule has 27 heavy (non-hydrogen) atoms. The number of hydrogen-bond acceptors (Lipinski definition) is 5. The van der Waals surface area contributed by atoms with Crippen LogP contribution in [0.5, 0.6) is 5.75 Å². The number of carbonyl (C=O) groups is 1. The third-order valence-corrected chi connectivity index (χ3v) is 3.66. The minimum absolute atomic E-state index is 0.0287. The molecule has 1 heterocycles. The van der Waals surface area contributed by atoms with Gasteiger partial charge in [-0.05, 0) is 42.5 Å². The molecule has 0 saturated heterocycles. The molecule has 2 aromatic carbocycles. The van der Waals surface area contributed by atoms with Crippen LogP contribution < -0.4 is 16.2 Å². The third kappa shape index (κ3) is 4.00. The fraction of sp³-hybridized carbons (Fsp3) is 0.118. The number of aromatic nitrogens is 3. The number of halogens is 3. The van der Waals surface area contributed by atoms with Crippen molar-refractivity contribution in [3.05, 3.63) is 48.0 Å². The summed E-state index contributed by atoms with van der Waals surface area (Å²) < 4.78 is 42.8. The van der Waals surface area contributed by atoms with E-state index in [1.165, 1.54) is 4.68 Å². The van der Waals surface area contributed by atoms with Crippen molar-refractivity contribution in [3.8, 4) is 28.5 Å². The van der Waals surface area contributed by atoms with Crippen LogP contribution in [-0.4, -0.2) is 27.0 Å². The Bertz CT molecular complexity index is 997. The van der Waals surface area contributed by atoms with Crippen LogP contribution in [0, 0.1) is 0 Å². The first-order valence-corrected chi connectivity index (χ1v) is 7.61. The summed E-state index contributed by atoms with van der Waals surface area (Å²) in [6.45, 7) is 0. The molecule has 0 unspecified atom stereocenters. The maximum atomic E-state index is 12.5. The van der Waals surface area contributed by atoms with Crippen LogP contribution in [0.1, 0.15) is 10.4 Å². The molecule has 0 bridgehead atoms. The van der Waals surface area contributed by atoms with Gasteiger partial charge in [0.1, 0.15) is 5.75 Å². The van der Waals surface area contributed by atoms with E-state index in [0.29, 0.717) is 17.1 Å². The molecule has 0 atom stereocenters. The predicted octanol–water partition coefficient (Wildman–Crippen LogP) is 2.73. The molecule has 0 spiro atoms. The van der Waals surface area contributed by atoms with Gasteiger partial charge in [-0.15, -0.1) is 13.2 Å². The summed E-state index contributed by atoms with van der Waals surface area (Å²) in [5, 5.41) is 4.19. The Hall–Kier alpha value is -3.56. The van der Waals surface area contributed by atoms with Crippen LogP contribution >= 0.6 is 0 Å². The van der Waals surface area contributed by atoms with E-state index in [2.05, 4.69) is 14.8 Å². The maximum Gasteiger partial charge on any atom is 0.573 e. The van der Waals surface area contributed by atoms with E-state index in [4.69, 9.17) is 11.5 Å². The van der Waals surface area contributed by atoms with E-state index >= 15 is 0 Å². The third-order valence-electron chi connectivity index (χ3n) is 3.66. The number of nitrogens with two attached hydrogens (primary N) is 2. The first-order chi connectivity index (χ1) is 12.6. The number of anilines is 1. The summed E-state index contributed by atoms with van der Waals surface area (Å²) in [4.78, 5) is 16.0. The fourth-order valence-electron chi connectivity index (χ4n) is 2.50.